The van der Waals surface area contributed by atoms with Gasteiger partial charge in [-0.25, -0.2) is 0 Å². The number of aliphatic hydroxyl groups is 1. The van der Waals surface area contributed by atoms with Gasteiger partial charge in [0.2, 0.25) is 0 Å². The Bertz CT molecular complexity index is 611. The van der Waals surface area contributed by atoms with Crippen molar-refractivity contribution in [2.75, 3.05) is 19.6 Å². The van der Waals surface area contributed by atoms with Gasteiger partial charge in [-0.1, -0.05) is 30.3 Å². The van der Waals surface area contributed by atoms with Crippen molar-refractivity contribution in [3.05, 3.63) is 42.1 Å². The highest BCUT2D eigenvalue weighted by Gasteiger charge is 2.25. The molecule has 2 unspecified atom stereocenters. The van der Waals surface area contributed by atoms with Gasteiger partial charge in [-0.05, 0) is 0 Å². The predicted molar refractivity (Wildman–Crippen MR) is 78.7 cm³/mol. The molecule has 4 N–H and O–H groups in total. The van der Waals surface area contributed by atoms with Crippen molar-refractivity contribution in [3.63, 3.8) is 0 Å². The van der Waals surface area contributed by atoms with Gasteiger partial charge in [-0.3, -0.25) is 9.89 Å². The lowest BCUT2D eigenvalue weighted by Crippen LogP contribution is -2.34. The summed E-state index contributed by atoms with van der Waals surface area (Å²) in [5.74, 6) is -0.122. The zero-order valence-corrected chi connectivity index (χ0v) is 11.5. The van der Waals surface area contributed by atoms with Gasteiger partial charge >= 0.3 is 0 Å². The minimum Gasteiger partial charge on any atom is -0.391 e. The standard InChI is InChI=1S/C15H18N4O2/c20-13-9-16-6-11(13)7-17-15(21)12-8-18-19-14(12)10-4-2-1-3-5-10/h1-5,8,11,13,16,20H,6-7,9H2,(H,17,21)(H,18,19). The maximum Gasteiger partial charge on any atom is 0.255 e. The summed E-state index contributed by atoms with van der Waals surface area (Å²) in [6.45, 7) is 1.76. The largest absolute Gasteiger partial charge is 0.391 e. The molecule has 6 heteroatoms. The molecule has 0 spiro atoms. The SMILES string of the molecule is O=C(NCC1CNCC1O)c1cn[nH]c1-c1ccccc1. The van der Waals surface area contributed by atoms with Crippen molar-refractivity contribution >= 4 is 5.91 Å². The number of rotatable bonds is 4. The fourth-order valence-corrected chi connectivity index (χ4v) is 2.53. The first kappa shape index (κ1) is 13.8. The molecule has 2 aromatic rings. The van der Waals surface area contributed by atoms with Crippen LogP contribution in [0.3, 0.4) is 0 Å². The summed E-state index contributed by atoms with van der Waals surface area (Å²) >= 11 is 0. The van der Waals surface area contributed by atoms with E-state index < -0.39 is 6.10 Å². The summed E-state index contributed by atoms with van der Waals surface area (Å²) in [5, 5.41) is 22.5. The first-order valence-electron chi connectivity index (χ1n) is 7.01. The second-order valence-corrected chi connectivity index (χ2v) is 5.22. The third-order valence-corrected chi connectivity index (χ3v) is 3.78. The van der Waals surface area contributed by atoms with E-state index in [1.54, 1.807) is 0 Å². The molecule has 0 aliphatic carbocycles. The molecule has 1 aliphatic rings. The molecule has 0 radical (unpaired) electrons. The molecule has 110 valence electrons. The van der Waals surface area contributed by atoms with Gasteiger partial charge in [0.1, 0.15) is 0 Å². The van der Waals surface area contributed by atoms with Crippen molar-refractivity contribution in [2.45, 2.75) is 6.10 Å². The summed E-state index contributed by atoms with van der Waals surface area (Å²) in [7, 11) is 0. The second-order valence-electron chi connectivity index (χ2n) is 5.22. The molecule has 1 aromatic carbocycles. The summed E-state index contributed by atoms with van der Waals surface area (Å²) in [6, 6.07) is 9.61. The van der Waals surface area contributed by atoms with Gasteiger partial charge in [0, 0.05) is 31.1 Å². The van der Waals surface area contributed by atoms with Crippen LogP contribution in [0.4, 0.5) is 0 Å². The third kappa shape index (κ3) is 2.96. The van der Waals surface area contributed by atoms with Gasteiger partial charge in [-0.15, -0.1) is 0 Å². The molecule has 21 heavy (non-hydrogen) atoms. The fraction of sp³-hybridized carbons (Fsp3) is 0.333. The van der Waals surface area contributed by atoms with E-state index in [-0.39, 0.29) is 11.8 Å². The first-order valence-corrected chi connectivity index (χ1v) is 7.01. The Kier molecular flexibility index (Phi) is 3.98. The number of benzene rings is 1. The molecule has 2 heterocycles. The van der Waals surface area contributed by atoms with E-state index in [9.17, 15) is 9.90 Å². The van der Waals surface area contributed by atoms with E-state index in [1.807, 2.05) is 30.3 Å². The highest BCUT2D eigenvalue weighted by Crippen LogP contribution is 2.20. The molecule has 1 aliphatic heterocycles. The number of nitrogens with zero attached hydrogens (tertiary/aromatic N) is 1. The number of carbonyl (C=O) groups excluding carboxylic acids is 1. The van der Waals surface area contributed by atoms with Crippen molar-refractivity contribution in [3.8, 4) is 11.3 Å². The number of aromatic nitrogens is 2. The zero-order chi connectivity index (χ0) is 14.7. The molecule has 1 fully saturated rings. The second kappa shape index (κ2) is 6.07. The lowest BCUT2D eigenvalue weighted by Gasteiger charge is -2.14. The highest BCUT2D eigenvalue weighted by molar-refractivity contribution is 5.99. The average molecular weight is 286 g/mol. The smallest absolute Gasteiger partial charge is 0.255 e. The third-order valence-electron chi connectivity index (χ3n) is 3.78. The molecule has 2 atom stereocenters. The number of amides is 1. The van der Waals surface area contributed by atoms with Crippen LogP contribution in [0.2, 0.25) is 0 Å². The van der Waals surface area contributed by atoms with E-state index in [0.29, 0.717) is 24.3 Å². The van der Waals surface area contributed by atoms with Crippen LogP contribution in [0.15, 0.2) is 36.5 Å². The van der Waals surface area contributed by atoms with E-state index >= 15 is 0 Å². The van der Waals surface area contributed by atoms with Crippen molar-refractivity contribution in [2.24, 2.45) is 5.92 Å². The summed E-state index contributed by atoms with van der Waals surface area (Å²) in [4.78, 5) is 12.3. The van der Waals surface area contributed by atoms with Crippen LogP contribution >= 0.6 is 0 Å². The number of β-amino-alcohol motifs (C(OH)–C–C–N with tert-alkyl or cyclic N) is 1. The molecule has 1 saturated heterocycles. The number of nitrogens with one attached hydrogen (secondary N) is 3. The molecular weight excluding hydrogens is 268 g/mol. The maximum absolute atomic E-state index is 12.3. The van der Waals surface area contributed by atoms with Crippen molar-refractivity contribution in [1.82, 2.24) is 20.8 Å². The van der Waals surface area contributed by atoms with Crippen molar-refractivity contribution in [1.29, 1.82) is 0 Å². The Balaban J connectivity index is 1.70. The number of H-pyrrole nitrogens is 1. The van der Waals surface area contributed by atoms with Crippen LogP contribution in [-0.2, 0) is 0 Å². The van der Waals surface area contributed by atoms with Crippen LogP contribution in [-0.4, -0.2) is 46.9 Å². The summed E-state index contributed by atoms with van der Waals surface area (Å²) in [6.07, 6.45) is 1.13. The minimum atomic E-state index is -0.400. The Hall–Kier alpha value is -2.18. The van der Waals surface area contributed by atoms with Gasteiger partial charge in [0.15, 0.2) is 0 Å². The van der Waals surface area contributed by atoms with E-state index in [2.05, 4.69) is 20.8 Å². The van der Waals surface area contributed by atoms with Gasteiger partial charge in [0.05, 0.1) is 23.6 Å². The van der Waals surface area contributed by atoms with Crippen LogP contribution in [0.1, 0.15) is 10.4 Å². The van der Waals surface area contributed by atoms with Gasteiger partial charge in [0.25, 0.3) is 5.91 Å². The molecule has 0 bridgehead atoms. The lowest BCUT2D eigenvalue weighted by molar-refractivity contribution is 0.0928. The lowest BCUT2D eigenvalue weighted by atomic mass is 10.1. The zero-order valence-electron chi connectivity index (χ0n) is 11.5. The number of hydrogen-bond acceptors (Lipinski definition) is 4. The van der Waals surface area contributed by atoms with E-state index in [0.717, 1.165) is 12.1 Å². The molecule has 1 aromatic heterocycles. The quantitative estimate of drug-likeness (QED) is 0.654. The van der Waals surface area contributed by atoms with Gasteiger partial charge in [-0.2, -0.15) is 5.10 Å². The van der Waals surface area contributed by atoms with Crippen LogP contribution < -0.4 is 10.6 Å². The topological polar surface area (TPSA) is 90.0 Å². The Morgan fingerprint density at radius 3 is 2.86 bits per heavy atom. The van der Waals surface area contributed by atoms with Crippen LogP contribution in [0.25, 0.3) is 11.3 Å². The van der Waals surface area contributed by atoms with Crippen LogP contribution in [0.5, 0.6) is 0 Å². The molecule has 0 saturated carbocycles. The monoisotopic (exact) mass is 286 g/mol. The Morgan fingerprint density at radius 2 is 2.14 bits per heavy atom. The molecule has 6 nitrogen and oxygen atoms in total. The number of aliphatic hydroxyl groups excluding tert-OH is 1. The number of carbonyl (C=O) groups is 1. The predicted octanol–water partition coefficient (Wildman–Crippen LogP) is 0.387. The van der Waals surface area contributed by atoms with E-state index in [1.165, 1.54) is 6.20 Å². The molecular formula is C15H18N4O2. The highest BCUT2D eigenvalue weighted by atomic mass is 16.3. The number of hydrogen-bond donors (Lipinski definition) is 4. The average Bonchev–Trinajstić information content (AvgIpc) is 3.15. The molecule has 1 amide bonds. The Morgan fingerprint density at radius 1 is 1.33 bits per heavy atom. The fourth-order valence-electron chi connectivity index (χ4n) is 2.53. The maximum atomic E-state index is 12.3. The minimum absolute atomic E-state index is 0.0565. The van der Waals surface area contributed by atoms with Crippen molar-refractivity contribution < 1.29 is 9.90 Å². The van der Waals surface area contributed by atoms with Crippen LogP contribution in [0, 0.1) is 5.92 Å². The van der Waals surface area contributed by atoms with E-state index in [4.69, 9.17) is 0 Å². The molecule has 3 rings (SSSR count). The summed E-state index contributed by atoms with van der Waals surface area (Å²) in [5.41, 5.74) is 2.14. The Labute approximate surface area is 122 Å². The first-order chi connectivity index (χ1) is 10.3. The van der Waals surface area contributed by atoms with Gasteiger partial charge < -0.3 is 15.7 Å². The summed E-state index contributed by atoms with van der Waals surface area (Å²) < 4.78 is 0. The normalized spacial score (nSPS) is 21.4. The number of aromatic amines is 1.